The molecule has 0 aliphatic carbocycles. The highest BCUT2D eigenvalue weighted by Gasteiger charge is 2.26. The smallest absolute Gasteiger partial charge is 0.133 e. The van der Waals surface area contributed by atoms with Crippen molar-refractivity contribution in [3.8, 4) is 0 Å². The molecule has 4 nitrogen and oxygen atoms in total. The highest BCUT2D eigenvalue weighted by Crippen LogP contribution is 2.26. The summed E-state index contributed by atoms with van der Waals surface area (Å²) in [5.74, 6) is 1.47. The molecular weight excluding hydrogens is 260 g/mol. The first-order valence-electron chi connectivity index (χ1n) is 7.56. The number of pyridine rings is 1. The van der Waals surface area contributed by atoms with Crippen molar-refractivity contribution in [3.63, 3.8) is 0 Å². The third-order valence-corrected chi connectivity index (χ3v) is 4.02. The van der Waals surface area contributed by atoms with Gasteiger partial charge in [-0.2, -0.15) is 0 Å². The molecule has 0 amide bonds. The summed E-state index contributed by atoms with van der Waals surface area (Å²) in [6.45, 7) is 9.22. The summed E-state index contributed by atoms with van der Waals surface area (Å²) in [6.07, 6.45) is 3.12. The number of hydrogen-bond donors (Lipinski definition) is 0. The van der Waals surface area contributed by atoms with Crippen LogP contribution >= 0.6 is 0 Å². The molecule has 3 rings (SSSR count). The number of hydrogen-bond acceptors (Lipinski definition) is 4. The molecule has 1 aliphatic rings. The predicted octanol–water partition coefficient (Wildman–Crippen LogP) is 2.79. The highest BCUT2D eigenvalue weighted by atomic mass is 15.2. The van der Waals surface area contributed by atoms with Crippen molar-refractivity contribution in [2.45, 2.75) is 39.7 Å². The second kappa shape index (κ2) is 5.90. The quantitative estimate of drug-likeness (QED) is 0.868. The third-order valence-electron chi connectivity index (χ3n) is 4.02. The Morgan fingerprint density at radius 2 is 1.86 bits per heavy atom. The Bertz CT molecular complexity index is 601. The van der Waals surface area contributed by atoms with Crippen molar-refractivity contribution in [1.82, 2.24) is 19.9 Å². The van der Waals surface area contributed by atoms with Gasteiger partial charge in [-0.15, -0.1) is 0 Å². The van der Waals surface area contributed by atoms with Crippen LogP contribution in [0.5, 0.6) is 0 Å². The van der Waals surface area contributed by atoms with E-state index in [9.17, 15) is 0 Å². The molecule has 0 bridgehead atoms. The van der Waals surface area contributed by atoms with Gasteiger partial charge in [0.15, 0.2) is 0 Å². The van der Waals surface area contributed by atoms with Crippen molar-refractivity contribution >= 4 is 0 Å². The average Bonchev–Trinajstić information content (AvgIpc) is 2.89. The van der Waals surface area contributed by atoms with Crippen LogP contribution < -0.4 is 0 Å². The van der Waals surface area contributed by atoms with Crippen LogP contribution in [0.2, 0.25) is 0 Å². The highest BCUT2D eigenvalue weighted by molar-refractivity contribution is 5.15. The van der Waals surface area contributed by atoms with Gasteiger partial charge in [0.2, 0.25) is 0 Å². The summed E-state index contributed by atoms with van der Waals surface area (Å²) in [5, 5.41) is 0. The molecule has 21 heavy (non-hydrogen) atoms. The van der Waals surface area contributed by atoms with Crippen molar-refractivity contribution in [2.24, 2.45) is 0 Å². The summed E-state index contributed by atoms with van der Waals surface area (Å²) < 4.78 is 0. The first-order valence-corrected chi connectivity index (χ1v) is 7.56. The summed E-state index contributed by atoms with van der Waals surface area (Å²) in [4.78, 5) is 16.1. The normalized spacial score (nSPS) is 19.1. The molecule has 3 heterocycles. The molecule has 0 saturated carbocycles. The van der Waals surface area contributed by atoms with Crippen LogP contribution in [-0.2, 0) is 6.54 Å². The molecule has 1 atom stereocenters. The van der Waals surface area contributed by atoms with E-state index in [4.69, 9.17) is 0 Å². The summed E-state index contributed by atoms with van der Waals surface area (Å²) in [6, 6.07) is 6.28. The SMILES string of the molecule is Cc1ccc(CN2CC[C@@H](c3nc(C)cc(C)n3)C2)cn1. The topological polar surface area (TPSA) is 41.9 Å². The Kier molecular flexibility index (Phi) is 3.97. The number of nitrogens with zero attached hydrogens (tertiary/aromatic N) is 4. The molecule has 0 spiro atoms. The van der Waals surface area contributed by atoms with Crippen LogP contribution in [0.1, 0.15) is 40.8 Å². The molecule has 0 N–H and O–H groups in total. The molecular formula is C17H22N4. The van der Waals surface area contributed by atoms with Crippen LogP contribution in [0.3, 0.4) is 0 Å². The van der Waals surface area contributed by atoms with Gasteiger partial charge in [-0.3, -0.25) is 9.88 Å². The molecule has 0 unspecified atom stereocenters. The monoisotopic (exact) mass is 282 g/mol. The van der Waals surface area contributed by atoms with Crippen LogP contribution in [0, 0.1) is 20.8 Å². The first-order chi connectivity index (χ1) is 10.1. The lowest BCUT2D eigenvalue weighted by molar-refractivity contribution is 0.325. The second-order valence-corrected chi connectivity index (χ2v) is 6.04. The lowest BCUT2D eigenvalue weighted by Crippen LogP contribution is -2.20. The fourth-order valence-corrected chi connectivity index (χ4v) is 2.97. The molecule has 0 aromatic carbocycles. The maximum absolute atomic E-state index is 4.62. The van der Waals surface area contributed by atoms with Gasteiger partial charge in [0.1, 0.15) is 5.82 Å². The Morgan fingerprint density at radius 3 is 2.52 bits per heavy atom. The van der Waals surface area contributed by atoms with Crippen molar-refractivity contribution in [1.29, 1.82) is 0 Å². The van der Waals surface area contributed by atoms with Gasteiger partial charge in [-0.1, -0.05) is 6.07 Å². The van der Waals surface area contributed by atoms with Crippen molar-refractivity contribution in [3.05, 3.63) is 52.9 Å². The molecule has 2 aromatic rings. The van der Waals surface area contributed by atoms with Crippen LogP contribution in [0.15, 0.2) is 24.4 Å². The Morgan fingerprint density at radius 1 is 1.10 bits per heavy atom. The molecule has 0 radical (unpaired) electrons. The number of rotatable bonds is 3. The van der Waals surface area contributed by atoms with Crippen LogP contribution in [0.4, 0.5) is 0 Å². The zero-order valence-corrected chi connectivity index (χ0v) is 13.0. The standard InChI is InChI=1S/C17H22N4/c1-12-4-5-15(9-18-12)10-21-7-6-16(11-21)17-19-13(2)8-14(3)20-17/h4-5,8-9,16H,6-7,10-11H2,1-3H3/t16-/m1/s1. The molecule has 4 heteroatoms. The molecule has 1 aliphatic heterocycles. The van der Waals surface area contributed by atoms with Crippen LogP contribution in [0.25, 0.3) is 0 Å². The molecule has 2 aromatic heterocycles. The van der Waals surface area contributed by atoms with E-state index in [1.54, 1.807) is 0 Å². The third kappa shape index (κ3) is 3.45. The number of aromatic nitrogens is 3. The van der Waals surface area contributed by atoms with E-state index in [1.165, 1.54) is 5.56 Å². The van der Waals surface area contributed by atoms with E-state index < -0.39 is 0 Å². The maximum atomic E-state index is 4.62. The van der Waals surface area contributed by atoms with Crippen molar-refractivity contribution in [2.75, 3.05) is 13.1 Å². The van der Waals surface area contributed by atoms with Gasteiger partial charge in [0, 0.05) is 42.3 Å². The Labute approximate surface area is 126 Å². The Balaban J connectivity index is 1.66. The zero-order valence-electron chi connectivity index (χ0n) is 13.0. The minimum absolute atomic E-state index is 0.460. The first kappa shape index (κ1) is 14.1. The zero-order chi connectivity index (χ0) is 14.8. The maximum Gasteiger partial charge on any atom is 0.133 e. The second-order valence-electron chi connectivity index (χ2n) is 6.04. The summed E-state index contributed by atoms with van der Waals surface area (Å²) >= 11 is 0. The molecule has 1 fully saturated rings. The number of likely N-dealkylation sites (tertiary alicyclic amines) is 1. The van der Waals surface area contributed by atoms with Crippen LogP contribution in [-0.4, -0.2) is 32.9 Å². The fourth-order valence-electron chi connectivity index (χ4n) is 2.97. The molecule has 1 saturated heterocycles. The largest absolute Gasteiger partial charge is 0.298 e. The van der Waals surface area contributed by atoms with Gasteiger partial charge in [-0.25, -0.2) is 9.97 Å². The van der Waals surface area contributed by atoms with Gasteiger partial charge in [0.25, 0.3) is 0 Å². The number of aryl methyl sites for hydroxylation is 3. The lowest BCUT2D eigenvalue weighted by atomic mass is 10.1. The minimum Gasteiger partial charge on any atom is -0.298 e. The lowest BCUT2D eigenvalue weighted by Gasteiger charge is -2.16. The van der Waals surface area contributed by atoms with E-state index in [-0.39, 0.29) is 0 Å². The van der Waals surface area contributed by atoms with E-state index >= 15 is 0 Å². The van der Waals surface area contributed by atoms with E-state index in [0.717, 1.165) is 49.0 Å². The van der Waals surface area contributed by atoms with E-state index in [0.29, 0.717) is 5.92 Å². The van der Waals surface area contributed by atoms with Gasteiger partial charge in [0.05, 0.1) is 0 Å². The predicted molar refractivity (Wildman–Crippen MR) is 83.1 cm³/mol. The van der Waals surface area contributed by atoms with E-state index in [2.05, 4.69) is 32.0 Å². The summed E-state index contributed by atoms with van der Waals surface area (Å²) in [5.41, 5.74) is 4.49. The van der Waals surface area contributed by atoms with Gasteiger partial charge in [-0.05, 0) is 51.4 Å². The minimum atomic E-state index is 0.460. The van der Waals surface area contributed by atoms with Crippen molar-refractivity contribution < 1.29 is 0 Å². The van der Waals surface area contributed by atoms with Gasteiger partial charge >= 0.3 is 0 Å². The van der Waals surface area contributed by atoms with E-state index in [1.807, 2.05) is 33.0 Å². The average molecular weight is 282 g/mol. The fraction of sp³-hybridized carbons (Fsp3) is 0.471. The van der Waals surface area contributed by atoms with Gasteiger partial charge < -0.3 is 0 Å². The Hall–Kier alpha value is -1.81. The summed E-state index contributed by atoms with van der Waals surface area (Å²) in [7, 11) is 0. The molecule has 110 valence electrons.